The van der Waals surface area contributed by atoms with Crippen LogP contribution in [0.4, 0.5) is 0 Å². The van der Waals surface area contributed by atoms with E-state index in [0.717, 1.165) is 24.1 Å². The van der Waals surface area contributed by atoms with E-state index in [-0.39, 0.29) is 0 Å². The molecular weight excluding hydrogens is 226 g/mol. The molecule has 0 aliphatic rings. The van der Waals surface area contributed by atoms with Crippen molar-refractivity contribution < 1.29 is 9.90 Å². The average Bonchev–Trinajstić information content (AvgIpc) is 2.72. The highest BCUT2D eigenvalue weighted by molar-refractivity contribution is 5.87. The van der Waals surface area contributed by atoms with Gasteiger partial charge in [-0.2, -0.15) is 0 Å². The molecule has 1 heterocycles. The molecule has 94 valence electrons. The Morgan fingerprint density at radius 2 is 1.94 bits per heavy atom. The molecule has 0 bridgehead atoms. The number of carboxylic acid groups (broad SMARTS) is 1. The summed E-state index contributed by atoms with van der Waals surface area (Å²) in [4.78, 5) is 11.1. The lowest BCUT2D eigenvalue weighted by molar-refractivity contribution is 0.0687. The number of carboxylic acids is 1. The van der Waals surface area contributed by atoms with Crippen molar-refractivity contribution in [2.45, 2.75) is 19.8 Å². The van der Waals surface area contributed by atoms with Crippen LogP contribution in [0, 0.1) is 0 Å². The number of carbonyl (C=O) groups is 1. The zero-order chi connectivity index (χ0) is 13.1. The van der Waals surface area contributed by atoms with Gasteiger partial charge in [-0.1, -0.05) is 37.6 Å². The van der Waals surface area contributed by atoms with E-state index in [2.05, 4.69) is 13.0 Å². The lowest BCUT2D eigenvalue weighted by atomic mass is 10.0. The summed E-state index contributed by atoms with van der Waals surface area (Å²) < 4.78 is 1.73. The lowest BCUT2D eigenvalue weighted by Crippen LogP contribution is -2.05. The molecule has 0 atom stereocenters. The zero-order valence-corrected chi connectivity index (χ0v) is 10.7. The molecule has 18 heavy (non-hydrogen) atoms. The van der Waals surface area contributed by atoms with Crippen LogP contribution in [0.1, 0.15) is 29.4 Å². The molecule has 3 nitrogen and oxygen atoms in total. The number of hydrogen-bond acceptors (Lipinski definition) is 1. The van der Waals surface area contributed by atoms with Gasteiger partial charge in [-0.15, -0.1) is 0 Å². The minimum absolute atomic E-state index is 0.316. The van der Waals surface area contributed by atoms with Gasteiger partial charge in [0, 0.05) is 18.3 Å². The van der Waals surface area contributed by atoms with Gasteiger partial charge in [0.05, 0.1) is 0 Å². The van der Waals surface area contributed by atoms with E-state index >= 15 is 0 Å². The number of aromatic carboxylic acids is 1. The van der Waals surface area contributed by atoms with Crippen molar-refractivity contribution in [3.8, 4) is 11.3 Å². The Balaban J connectivity index is 2.52. The Bertz CT molecular complexity index is 570. The van der Waals surface area contributed by atoms with Crippen molar-refractivity contribution >= 4 is 5.97 Å². The van der Waals surface area contributed by atoms with E-state index in [1.165, 1.54) is 5.56 Å². The summed E-state index contributed by atoms with van der Waals surface area (Å²) in [6.45, 7) is 2.14. The molecule has 1 N–H and O–H groups in total. The fraction of sp³-hybridized carbons (Fsp3) is 0.267. The molecule has 0 amide bonds. The number of benzene rings is 1. The Morgan fingerprint density at radius 3 is 2.56 bits per heavy atom. The quantitative estimate of drug-likeness (QED) is 0.894. The van der Waals surface area contributed by atoms with Crippen molar-refractivity contribution in [2.75, 3.05) is 0 Å². The summed E-state index contributed by atoms with van der Waals surface area (Å²) in [6.07, 6.45) is 2.08. The van der Waals surface area contributed by atoms with Crippen molar-refractivity contribution in [3.63, 3.8) is 0 Å². The topological polar surface area (TPSA) is 42.2 Å². The van der Waals surface area contributed by atoms with E-state index < -0.39 is 5.97 Å². The van der Waals surface area contributed by atoms with Crippen molar-refractivity contribution in [2.24, 2.45) is 7.05 Å². The SMILES string of the molecule is CCCc1ccccc1-c1ccc(C(=O)O)n1C. The van der Waals surface area contributed by atoms with Crippen LogP contribution in [0.15, 0.2) is 36.4 Å². The van der Waals surface area contributed by atoms with E-state index in [4.69, 9.17) is 5.11 Å². The fourth-order valence-electron chi connectivity index (χ4n) is 2.25. The van der Waals surface area contributed by atoms with Gasteiger partial charge in [0.1, 0.15) is 5.69 Å². The molecule has 1 aromatic heterocycles. The maximum atomic E-state index is 11.1. The van der Waals surface area contributed by atoms with Crippen molar-refractivity contribution in [1.29, 1.82) is 0 Å². The van der Waals surface area contributed by atoms with Crippen molar-refractivity contribution in [3.05, 3.63) is 47.7 Å². The number of hydrogen-bond donors (Lipinski definition) is 1. The van der Waals surface area contributed by atoms with E-state index in [1.54, 1.807) is 17.7 Å². The molecule has 0 aliphatic carbocycles. The van der Waals surface area contributed by atoms with E-state index in [0.29, 0.717) is 5.69 Å². The van der Waals surface area contributed by atoms with Crippen LogP contribution < -0.4 is 0 Å². The summed E-state index contributed by atoms with van der Waals surface area (Å²) in [6, 6.07) is 11.7. The smallest absolute Gasteiger partial charge is 0.352 e. The second-order valence-electron chi connectivity index (χ2n) is 4.38. The average molecular weight is 243 g/mol. The van der Waals surface area contributed by atoms with E-state index in [9.17, 15) is 4.79 Å². The van der Waals surface area contributed by atoms with Gasteiger partial charge in [0.15, 0.2) is 0 Å². The molecule has 0 saturated heterocycles. The Kier molecular flexibility index (Phi) is 3.51. The first-order chi connectivity index (χ1) is 8.65. The summed E-state index contributed by atoms with van der Waals surface area (Å²) in [7, 11) is 1.79. The Labute approximate surface area is 107 Å². The molecule has 0 spiro atoms. The zero-order valence-electron chi connectivity index (χ0n) is 10.7. The molecule has 0 radical (unpaired) electrons. The molecule has 0 unspecified atom stereocenters. The number of nitrogens with zero attached hydrogens (tertiary/aromatic N) is 1. The largest absolute Gasteiger partial charge is 0.477 e. The predicted octanol–water partition coefficient (Wildman–Crippen LogP) is 3.34. The lowest BCUT2D eigenvalue weighted by Gasteiger charge is -2.10. The second kappa shape index (κ2) is 5.08. The van der Waals surface area contributed by atoms with Crippen LogP contribution >= 0.6 is 0 Å². The van der Waals surface area contributed by atoms with Gasteiger partial charge >= 0.3 is 5.97 Å². The molecule has 0 saturated carbocycles. The second-order valence-corrected chi connectivity index (χ2v) is 4.38. The third-order valence-corrected chi connectivity index (χ3v) is 3.15. The first-order valence-electron chi connectivity index (χ1n) is 6.12. The number of rotatable bonds is 4. The van der Waals surface area contributed by atoms with Crippen LogP contribution in [0.5, 0.6) is 0 Å². The molecule has 0 aliphatic heterocycles. The van der Waals surface area contributed by atoms with Gasteiger partial charge in [0.25, 0.3) is 0 Å². The summed E-state index contributed by atoms with van der Waals surface area (Å²) >= 11 is 0. The standard InChI is InChI=1S/C15H17NO2/c1-3-6-11-7-4-5-8-12(11)13-9-10-14(15(17)18)16(13)2/h4-5,7-10H,3,6H2,1-2H3,(H,17,18). The highest BCUT2D eigenvalue weighted by Crippen LogP contribution is 2.26. The van der Waals surface area contributed by atoms with Crippen molar-refractivity contribution in [1.82, 2.24) is 4.57 Å². The molecule has 2 rings (SSSR count). The minimum atomic E-state index is -0.892. The summed E-state index contributed by atoms with van der Waals surface area (Å²) in [5.74, 6) is -0.892. The summed E-state index contributed by atoms with van der Waals surface area (Å²) in [5.41, 5.74) is 3.65. The maximum Gasteiger partial charge on any atom is 0.352 e. The van der Waals surface area contributed by atoms with Crippen LogP contribution in [-0.4, -0.2) is 15.6 Å². The molecule has 2 aromatic rings. The Hall–Kier alpha value is -2.03. The minimum Gasteiger partial charge on any atom is -0.477 e. The first-order valence-corrected chi connectivity index (χ1v) is 6.12. The maximum absolute atomic E-state index is 11.1. The highest BCUT2D eigenvalue weighted by atomic mass is 16.4. The van der Waals surface area contributed by atoms with Gasteiger partial charge < -0.3 is 9.67 Å². The van der Waals surface area contributed by atoms with Crippen LogP contribution in [0.25, 0.3) is 11.3 Å². The molecular formula is C15H17NO2. The molecule has 1 aromatic carbocycles. The van der Waals surface area contributed by atoms with Gasteiger partial charge in [-0.05, 0) is 24.1 Å². The van der Waals surface area contributed by atoms with Crippen LogP contribution in [0.2, 0.25) is 0 Å². The monoisotopic (exact) mass is 243 g/mol. The Morgan fingerprint density at radius 1 is 1.22 bits per heavy atom. The fourth-order valence-corrected chi connectivity index (χ4v) is 2.25. The normalized spacial score (nSPS) is 10.6. The highest BCUT2D eigenvalue weighted by Gasteiger charge is 2.13. The number of aromatic nitrogens is 1. The molecule has 0 fully saturated rings. The predicted molar refractivity (Wildman–Crippen MR) is 71.8 cm³/mol. The van der Waals surface area contributed by atoms with Crippen LogP contribution in [0.3, 0.4) is 0 Å². The third-order valence-electron chi connectivity index (χ3n) is 3.15. The number of aryl methyl sites for hydroxylation is 1. The van der Waals surface area contributed by atoms with E-state index in [1.807, 2.05) is 24.3 Å². The van der Waals surface area contributed by atoms with Gasteiger partial charge in [-0.3, -0.25) is 0 Å². The van der Waals surface area contributed by atoms with Gasteiger partial charge in [-0.25, -0.2) is 4.79 Å². The summed E-state index contributed by atoms with van der Waals surface area (Å²) in [5, 5.41) is 9.08. The third kappa shape index (κ3) is 2.16. The van der Waals surface area contributed by atoms with Gasteiger partial charge in [0.2, 0.25) is 0 Å². The first kappa shape index (κ1) is 12.4. The molecule has 3 heteroatoms. The van der Waals surface area contributed by atoms with Crippen LogP contribution in [-0.2, 0) is 13.5 Å².